The van der Waals surface area contributed by atoms with Gasteiger partial charge in [0.2, 0.25) is 0 Å². The van der Waals surface area contributed by atoms with Gasteiger partial charge in [0.25, 0.3) is 0 Å². The molecule has 1 aromatic heterocycles. The molecule has 1 aliphatic heterocycles. The average molecular weight is 261 g/mol. The van der Waals surface area contributed by atoms with Crippen molar-refractivity contribution in [1.82, 2.24) is 15.2 Å². The summed E-state index contributed by atoms with van der Waals surface area (Å²) in [5.41, 5.74) is 1.40. The quantitative estimate of drug-likeness (QED) is 0.882. The minimum atomic E-state index is 0.657. The molecule has 1 aliphatic rings. The summed E-state index contributed by atoms with van der Waals surface area (Å²) in [4.78, 5) is 6.70. The van der Waals surface area contributed by atoms with Crippen LogP contribution in [0.2, 0.25) is 0 Å². The molecule has 19 heavy (non-hydrogen) atoms. The lowest BCUT2D eigenvalue weighted by atomic mass is 9.99. The highest BCUT2D eigenvalue weighted by molar-refractivity contribution is 5.09. The molecule has 0 amide bonds. The Morgan fingerprint density at radius 1 is 1.42 bits per heavy atom. The van der Waals surface area contributed by atoms with Gasteiger partial charge < -0.3 is 10.2 Å². The van der Waals surface area contributed by atoms with Gasteiger partial charge in [-0.15, -0.1) is 0 Å². The van der Waals surface area contributed by atoms with Crippen molar-refractivity contribution in [3.63, 3.8) is 0 Å². The Kier molecular flexibility index (Phi) is 5.80. The van der Waals surface area contributed by atoms with Crippen LogP contribution >= 0.6 is 0 Å². The first-order chi connectivity index (χ1) is 9.29. The van der Waals surface area contributed by atoms with Gasteiger partial charge >= 0.3 is 0 Å². The van der Waals surface area contributed by atoms with Crippen molar-refractivity contribution < 1.29 is 0 Å². The van der Waals surface area contributed by atoms with Crippen LogP contribution in [-0.2, 0) is 6.42 Å². The molecule has 3 nitrogen and oxygen atoms in total. The van der Waals surface area contributed by atoms with Crippen LogP contribution < -0.4 is 5.32 Å². The maximum atomic E-state index is 4.08. The van der Waals surface area contributed by atoms with E-state index in [-0.39, 0.29) is 0 Å². The van der Waals surface area contributed by atoms with Gasteiger partial charge in [-0.3, -0.25) is 4.98 Å². The summed E-state index contributed by atoms with van der Waals surface area (Å²) in [5, 5.41) is 3.71. The Labute approximate surface area is 117 Å². The first-order valence-corrected chi connectivity index (χ1v) is 7.64. The highest BCUT2D eigenvalue weighted by Gasteiger charge is 2.21. The molecule has 0 bridgehead atoms. The molecule has 106 valence electrons. The van der Waals surface area contributed by atoms with E-state index < -0.39 is 0 Å². The van der Waals surface area contributed by atoms with Gasteiger partial charge in [-0.1, -0.05) is 20.3 Å². The summed E-state index contributed by atoms with van der Waals surface area (Å²) in [5.74, 6) is 0.765. The largest absolute Gasteiger partial charge is 0.312 e. The predicted molar refractivity (Wildman–Crippen MR) is 80.2 cm³/mol. The highest BCUT2D eigenvalue weighted by Crippen LogP contribution is 2.13. The number of hydrogen-bond donors (Lipinski definition) is 1. The molecule has 3 heteroatoms. The molecule has 2 unspecified atom stereocenters. The van der Waals surface area contributed by atoms with E-state index >= 15 is 0 Å². The molecule has 1 fully saturated rings. The van der Waals surface area contributed by atoms with Crippen molar-refractivity contribution in [2.75, 3.05) is 26.2 Å². The maximum Gasteiger partial charge on any atom is 0.0270 e. The summed E-state index contributed by atoms with van der Waals surface area (Å²) >= 11 is 0. The van der Waals surface area contributed by atoms with E-state index in [1.807, 2.05) is 12.4 Å². The monoisotopic (exact) mass is 261 g/mol. The minimum Gasteiger partial charge on any atom is -0.312 e. The van der Waals surface area contributed by atoms with Gasteiger partial charge in [-0.2, -0.15) is 0 Å². The fraction of sp³-hybridized carbons (Fsp3) is 0.688. The van der Waals surface area contributed by atoms with Crippen LogP contribution in [0, 0.1) is 5.92 Å². The Bertz CT molecular complexity index is 352. The molecule has 1 N–H and O–H groups in total. The van der Waals surface area contributed by atoms with Crippen molar-refractivity contribution in [3.8, 4) is 0 Å². The van der Waals surface area contributed by atoms with Crippen molar-refractivity contribution in [2.45, 2.75) is 39.2 Å². The number of rotatable bonds is 5. The zero-order valence-corrected chi connectivity index (χ0v) is 12.3. The van der Waals surface area contributed by atoms with Crippen LogP contribution in [0.5, 0.6) is 0 Å². The predicted octanol–water partition coefficient (Wildman–Crippen LogP) is 2.33. The number of nitrogens with zero attached hydrogens (tertiary/aromatic N) is 2. The Hall–Kier alpha value is -0.930. The fourth-order valence-corrected chi connectivity index (χ4v) is 2.73. The minimum absolute atomic E-state index is 0.657. The van der Waals surface area contributed by atoms with Gasteiger partial charge in [0.15, 0.2) is 0 Å². The molecule has 1 aromatic rings. The van der Waals surface area contributed by atoms with Crippen LogP contribution in [0.25, 0.3) is 0 Å². The van der Waals surface area contributed by atoms with E-state index in [0.29, 0.717) is 6.04 Å². The molecule has 0 aromatic carbocycles. The molecule has 2 rings (SSSR count). The summed E-state index contributed by atoms with van der Waals surface area (Å²) in [7, 11) is 0. The zero-order chi connectivity index (χ0) is 13.5. The maximum absolute atomic E-state index is 4.08. The second-order valence-corrected chi connectivity index (χ2v) is 5.71. The van der Waals surface area contributed by atoms with Crippen molar-refractivity contribution in [1.29, 1.82) is 0 Å². The molecule has 1 saturated heterocycles. The fourth-order valence-electron chi connectivity index (χ4n) is 2.73. The van der Waals surface area contributed by atoms with E-state index in [4.69, 9.17) is 0 Å². The lowest BCUT2D eigenvalue weighted by Gasteiger charge is -2.28. The first-order valence-electron chi connectivity index (χ1n) is 7.64. The van der Waals surface area contributed by atoms with Gasteiger partial charge in [0.05, 0.1) is 0 Å². The van der Waals surface area contributed by atoms with Crippen LogP contribution in [0.15, 0.2) is 24.5 Å². The third-order valence-electron chi connectivity index (χ3n) is 4.31. The van der Waals surface area contributed by atoms with Gasteiger partial charge in [0.1, 0.15) is 0 Å². The van der Waals surface area contributed by atoms with Crippen LogP contribution in [0.3, 0.4) is 0 Å². The third-order valence-corrected chi connectivity index (χ3v) is 4.31. The molecule has 0 radical (unpaired) electrons. The molecule has 0 spiro atoms. The van der Waals surface area contributed by atoms with E-state index in [0.717, 1.165) is 12.3 Å². The standard InChI is InChI=1S/C16H27N3/c1-3-14(2)16-13-19(11-4-8-18-16)12-7-15-5-9-17-10-6-15/h5-6,9-10,14,16,18H,3-4,7-8,11-13H2,1-2H3. The van der Waals surface area contributed by atoms with Gasteiger partial charge in [-0.05, 0) is 49.5 Å². The topological polar surface area (TPSA) is 28.2 Å². The second-order valence-electron chi connectivity index (χ2n) is 5.71. The van der Waals surface area contributed by atoms with Gasteiger partial charge in [-0.25, -0.2) is 0 Å². The molecule has 0 aliphatic carbocycles. The summed E-state index contributed by atoms with van der Waals surface area (Å²) in [6.07, 6.45) is 7.44. The number of nitrogens with one attached hydrogen (secondary N) is 1. The van der Waals surface area contributed by atoms with E-state index in [9.17, 15) is 0 Å². The zero-order valence-electron chi connectivity index (χ0n) is 12.3. The molecular weight excluding hydrogens is 234 g/mol. The van der Waals surface area contributed by atoms with E-state index in [1.165, 1.54) is 44.6 Å². The van der Waals surface area contributed by atoms with Crippen LogP contribution in [0.1, 0.15) is 32.3 Å². The Balaban J connectivity index is 1.84. The SMILES string of the molecule is CCC(C)C1CN(CCc2ccncc2)CCCN1. The average Bonchev–Trinajstić information content (AvgIpc) is 2.71. The molecular formula is C16H27N3. The highest BCUT2D eigenvalue weighted by atomic mass is 15.2. The first kappa shape index (κ1) is 14.5. The number of hydrogen-bond acceptors (Lipinski definition) is 3. The summed E-state index contributed by atoms with van der Waals surface area (Å²) in [6.45, 7) is 9.41. The third kappa shape index (κ3) is 4.59. The lowest BCUT2D eigenvalue weighted by molar-refractivity contribution is 0.240. The molecule has 2 heterocycles. The van der Waals surface area contributed by atoms with Crippen molar-refractivity contribution >= 4 is 0 Å². The summed E-state index contributed by atoms with van der Waals surface area (Å²) in [6, 6.07) is 4.91. The van der Waals surface area contributed by atoms with Gasteiger partial charge in [0, 0.05) is 31.5 Å². The Morgan fingerprint density at radius 2 is 2.21 bits per heavy atom. The molecule has 2 atom stereocenters. The lowest BCUT2D eigenvalue weighted by Crippen LogP contribution is -2.42. The second kappa shape index (κ2) is 7.61. The Morgan fingerprint density at radius 3 is 2.95 bits per heavy atom. The van der Waals surface area contributed by atoms with Crippen LogP contribution in [0.4, 0.5) is 0 Å². The summed E-state index contributed by atoms with van der Waals surface area (Å²) < 4.78 is 0. The smallest absolute Gasteiger partial charge is 0.0270 e. The van der Waals surface area contributed by atoms with Crippen molar-refractivity contribution in [2.24, 2.45) is 5.92 Å². The molecule has 0 saturated carbocycles. The van der Waals surface area contributed by atoms with Crippen molar-refractivity contribution in [3.05, 3.63) is 30.1 Å². The van der Waals surface area contributed by atoms with E-state index in [2.05, 4.69) is 41.2 Å². The number of aromatic nitrogens is 1. The van der Waals surface area contributed by atoms with E-state index in [1.54, 1.807) is 0 Å². The number of pyridine rings is 1. The normalized spacial score (nSPS) is 22.9. The van der Waals surface area contributed by atoms with Crippen LogP contribution in [-0.4, -0.2) is 42.1 Å².